The molecule has 6 nitrogen and oxygen atoms in total. The number of para-hydroxylation sites is 1. The van der Waals surface area contributed by atoms with Gasteiger partial charge in [0.1, 0.15) is 17.2 Å². The lowest BCUT2D eigenvalue weighted by atomic mass is 10.0. The Balaban J connectivity index is 1.86. The fraction of sp³-hybridized carbons (Fsp3) is 0.120. The van der Waals surface area contributed by atoms with Crippen LogP contribution in [0.15, 0.2) is 72.4 Å². The van der Waals surface area contributed by atoms with Crippen LogP contribution in [0.3, 0.4) is 0 Å². The molecule has 0 atom stereocenters. The maximum Gasteiger partial charge on any atom is 0.282 e. The minimum absolute atomic E-state index is 0.141. The summed E-state index contributed by atoms with van der Waals surface area (Å²) in [4.78, 5) is 28.2. The number of anilines is 2. The summed E-state index contributed by atoms with van der Waals surface area (Å²) in [7, 11) is 3.05. The summed E-state index contributed by atoms with van der Waals surface area (Å²) in [6, 6.07) is 19.2. The van der Waals surface area contributed by atoms with Gasteiger partial charge in [0.2, 0.25) is 0 Å². The van der Waals surface area contributed by atoms with E-state index in [1.54, 1.807) is 60.7 Å². The van der Waals surface area contributed by atoms with Gasteiger partial charge in [0.25, 0.3) is 11.8 Å². The van der Waals surface area contributed by atoms with Crippen molar-refractivity contribution in [3.05, 3.63) is 88.6 Å². The first kappa shape index (κ1) is 21.5. The highest BCUT2D eigenvalue weighted by atomic mass is 35.5. The maximum atomic E-state index is 13.6. The predicted octanol–water partition coefficient (Wildman–Crippen LogP) is 5.06. The summed E-state index contributed by atoms with van der Waals surface area (Å²) in [6.45, 7) is 1.89. The van der Waals surface area contributed by atoms with Gasteiger partial charge in [0.15, 0.2) is 0 Å². The molecule has 1 aliphatic heterocycles. The number of amides is 2. The van der Waals surface area contributed by atoms with Gasteiger partial charge in [-0.1, -0.05) is 41.9 Å². The molecule has 0 bridgehead atoms. The smallest absolute Gasteiger partial charge is 0.282 e. The number of rotatable bonds is 6. The van der Waals surface area contributed by atoms with Gasteiger partial charge in [0.05, 0.1) is 25.5 Å². The molecular weight excluding hydrogens is 428 g/mol. The molecule has 3 aromatic rings. The monoisotopic (exact) mass is 448 g/mol. The van der Waals surface area contributed by atoms with E-state index in [1.165, 1.54) is 14.2 Å². The molecule has 0 fully saturated rings. The molecule has 162 valence electrons. The van der Waals surface area contributed by atoms with E-state index in [4.69, 9.17) is 21.1 Å². The van der Waals surface area contributed by atoms with Crippen LogP contribution in [0.4, 0.5) is 11.4 Å². The highest BCUT2D eigenvalue weighted by Gasteiger charge is 2.41. The SMILES string of the molecule is COc1cccc(N2C(=O)C(Nc3ccc(C)c(Cl)c3)=C(c3ccccc3OC)C2=O)c1. The number of carbonyl (C=O) groups is 2. The number of nitrogens with zero attached hydrogens (tertiary/aromatic N) is 1. The van der Waals surface area contributed by atoms with Gasteiger partial charge in [-0.15, -0.1) is 0 Å². The van der Waals surface area contributed by atoms with E-state index in [0.717, 1.165) is 10.5 Å². The minimum Gasteiger partial charge on any atom is -0.497 e. The molecule has 0 aromatic heterocycles. The van der Waals surface area contributed by atoms with E-state index in [-0.39, 0.29) is 11.3 Å². The molecule has 1 heterocycles. The molecule has 0 spiro atoms. The van der Waals surface area contributed by atoms with Crippen LogP contribution >= 0.6 is 11.6 Å². The van der Waals surface area contributed by atoms with Crippen molar-refractivity contribution in [2.24, 2.45) is 0 Å². The molecule has 4 rings (SSSR count). The molecule has 7 heteroatoms. The lowest BCUT2D eigenvalue weighted by molar-refractivity contribution is -0.120. The number of halogens is 1. The van der Waals surface area contributed by atoms with E-state index in [9.17, 15) is 9.59 Å². The second kappa shape index (κ2) is 8.77. The van der Waals surface area contributed by atoms with Crippen molar-refractivity contribution in [2.75, 3.05) is 24.4 Å². The van der Waals surface area contributed by atoms with Crippen LogP contribution in [0.1, 0.15) is 11.1 Å². The van der Waals surface area contributed by atoms with Crippen LogP contribution in [-0.4, -0.2) is 26.0 Å². The molecule has 3 aromatic carbocycles. The molecule has 32 heavy (non-hydrogen) atoms. The summed E-state index contributed by atoms with van der Waals surface area (Å²) in [5, 5.41) is 3.67. The Morgan fingerprint density at radius 2 is 1.66 bits per heavy atom. The zero-order chi connectivity index (χ0) is 22.8. The normalized spacial score (nSPS) is 13.6. The number of benzene rings is 3. The van der Waals surface area contributed by atoms with Crippen LogP contribution < -0.4 is 19.7 Å². The Morgan fingerprint density at radius 3 is 2.38 bits per heavy atom. The molecule has 0 aliphatic carbocycles. The first-order valence-corrected chi connectivity index (χ1v) is 10.3. The van der Waals surface area contributed by atoms with Crippen molar-refractivity contribution in [3.8, 4) is 11.5 Å². The number of hydrogen-bond donors (Lipinski definition) is 1. The van der Waals surface area contributed by atoms with E-state index in [2.05, 4.69) is 5.32 Å². The van der Waals surface area contributed by atoms with Crippen molar-refractivity contribution < 1.29 is 19.1 Å². The summed E-state index contributed by atoms with van der Waals surface area (Å²) in [6.07, 6.45) is 0. The average Bonchev–Trinajstić information content (AvgIpc) is 3.05. The molecule has 1 N–H and O–H groups in total. The maximum absolute atomic E-state index is 13.6. The summed E-state index contributed by atoms with van der Waals surface area (Å²) >= 11 is 6.27. The van der Waals surface area contributed by atoms with Crippen LogP contribution in [0.2, 0.25) is 5.02 Å². The van der Waals surface area contributed by atoms with Gasteiger partial charge in [-0.2, -0.15) is 0 Å². The summed E-state index contributed by atoms with van der Waals surface area (Å²) in [5.41, 5.74) is 2.78. The van der Waals surface area contributed by atoms with E-state index < -0.39 is 11.8 Å². The lowest BCUT2D eigenvalue weighted by Gasteiger charge is -2.16. The number of methoxy groups -OCH3 is 2. The average molecular weight is 449 g/mol. The number of imide groups is 1. The van der Waals surface area contributed by atoms with Crippen molar-refractivity contribution in [1.29, 1.82) is 0 Å². The molecular formula is C25H21ClN2O4. The first-order valence-electron chi connectivity index (χ1n) is 9.88. The van der Waals surface area contributed by atoms with Gasteiger partial charge in [0, 0.05) is 22.3 Å². The Labute approximate surface area is 191 Å². The topological polar surface area (TPSA) is 67.9 Å². The molecule has 1 aliphatic rings. The van der Waals surface area contributed by atoms with Gasteiger partial charge in [-0.05, 0) is 42.8 Å². The minimum atomic E-state index is -0.485. The first-order chi connectivity index (χ1) is 15.4. The van der Waals surface area contributed by atoms with Crippen molar-refractivity contribution in [2.45, 2.75) is 6.92 Å². The number of ether oxygens (including phenoxy) is 2. The molecule has 0 saturated carbocycles. The number of aryl methyl sites for hydroxylation is 1. The number of carbonyl (C=O) groups excluding carboxylic acids is 2. The van der Waals surface area contributed by atoms with Crippen molar-refractivity contribution >= 4 is 40.4 Å². The van der Waals surface area contributed by atoms with Crippen LogP contribution in [-0.2, 0) is 9.59 Å². The fourth-order valence-corrected chi connectivity index (χ4v) is 3.73. The van der Waals surface area contributed by atoms with Crippen LogP contribution in [0, 0.1) is 6.92 Å². The standard InChI is InChI=1S/C25H21ClN2O4/c1-15-11-12-16(13-20(15)26)27-23-22(19-9-4-5-10-21(19)32-3)24(29)28(25(23)30)17-7-6-8-18(14-17)31-2/h4-14,27H,1-3H3. The van der Waals surface area contributed by atoms with Gasteiger partial charge >= 0.3 is 0 Å². The fourth-order valence-electron chi connectivity index (χ4n) is 3.55. The molecule has 2 amide bonds. The zero-order valence-corrected chi connectivity index (χ0v) is 18.6. The highest BCUT2D eigenvalue weighted by molar-refractivity contribution is 6.46. The molecule has 0 saturated heterocycles. The van der Waals surface area contributed by atoms with E-state index in [0.29, 0.717) is 33.5 Å². The zero-order valence-electron chi connectivity index (χ0n) is 17.8. The lowest BCUT2D eigenvalue weighted by Crippen LogP contribution is -2.32. The van der Waals surface area contributed by atoms with Gasteiger partial charge in [-0.25, -0.2) is 4.90 Å². The van der Waals surface area contributed by atoms with Crippen molar-refractivity contribution in [1.82, 2.24) is 0 Å². The molecule has 0 radical (unpaired) electrons. The highest BCUT2D eigenvalue weighted by Crippen LogP contribution is 2.38. The van der Waals surface area contributed by atoms with E-state index in [1.807, 2.05) is 13.0 Å². The summed E-state index contributed by atoms with van der Waals surface area (Å²) in [5.74, 6) is 0.0698. The van der Waals surface area contributed by atoms with E-state index >= 15 is 0 Å². The Kier molecular flexibility index (Phi) is 5.88. The second-order valence-electron chi connectivity index (χ2n) is 7.19. The predicted molar refractivity (Wildman–Crippen MR) is 125 cm³/mol. The Hall–Kier alpha value is -3.77. The molecule has 0 unspecified atom stereocenters. The third-order valence-electron chi connectivity index (χ3n) is 5.21. The number of hydrogen-bond acceptors (Lipinski definition) is 5. The van der Waals surface area contributed by atoms with Gasteiger partial charge < -0.3 is 14.8 Å². The Bertz CT molecular complexity index is 1250. The second-order valence-corrected chi connectivity index (χ2v) is 7.59. The van der Waals surface area contributed by atoms with Gasteiger partial charge in [-0.3, -0.25) is 9.59 Å². The number of nitrogens with one attached hydrogen (secondary N) is 1. The largest absolute Gasteiger partial charge is 0.497 e. The van der Waals surface area contributed by atoms with Crippen molar-refractivity contribution in [3.63, 3.8) is 0 Å². The quantitative estimate of drug-likeness (QED) is 0.534. The third kappa shape index (κ3) is 3.81. The van der Waals surface area contributed by atoms with Crippen LogP contribution in [0.25, 0.3) is 5.57 Å². The summed E-state index contributed by atoms with van der Waals surface area (Å²) < 4.78 is 10.7. The third-order valence-corrected chi connectivity index (χ3v) is 5.62. The Morgan fingerprint density at radius 1 is 0.875 bits per heavy atom. The van der Waals surface area contributed by atoms with Crippen LogP contribution in [0.5, 0.6) is 11.5 Å².